The van der Waals surface area contributed by atoms with Gasteiger partial charge in [0.25, 0.3) is 0 Å². The second-order valence-corrected chi connectivity index (χ2v) is 7.01. The molecule has 0 amide bonds. The maximum absolute atomic E-state index is 13.5. The molecular formula is C17H25FO2. The summed E-state index contributed by atoms with van der Waals surface area (Å²) in [4.78, 5) is 0. The van der Waals surface area contributed by atoms with Gasteiger partial charge in [-0.2, -0.15) is 0 Å². The predicted molar refractivity (Wildman–Crippen MR) is 77.9 cm³/mol. The van der Waals surface area contributed by atoms with Gasteiger partial charge >= 0.3 is 0 Å². The first-order chi connectivity index (χ1) is 9.11. The van der Waals surface area contributed by atoms with E-state index < -0.39 is 11.2 Å². The van der Waals surface area contributed by atoms with Gasteiger partial charge in [-0.1, -0.05) is 19.1 Å². The molecule has 0 bridgehead atoms. The van der Waals surface area contributed by atoms with Gasteiger partial charge in [0, 0.05) is 5.92 Å². The average molecular weight is 280 g/mol. The van der Waals surface area contributed by atoms with Crippen LogP contribution >= 0.6 is 0 Å². The lowest BCUT2D eigenvalue weighted by Gasteiger charge is -2.40. The summed E-state index contributed by atoms with van der Waals surface area (Å²) in [7, 11) is 0. The van der Waals surface area contributed by atoms with Gasteiger partial charge in [0.15, 0.2) is 0 Å². The fraction of sp³-hybridized carbons (Fsp3) is 0.647. The Morgan fingerprint density at radius 3 is 2.45 bits per heavy atom. The lowest BCUT2D eigenvalue weighted by Crippen LogP contribution is -2.44. The average Bonchev–Trinajstić information content (AvgIpc) is 2.57. The highest BCUT2D eigenvalue weighted by Gasteiger charge is 2.54. The van der Waals surface area contributed by atoms with Crippen LogP contribution in [0.15, 0.2) is 24.3 Å². The Morgan fingerprint density at radius 2 is 2.00 bits per heavy atom. The zero-order valence-corrected chi connectivity index (χ0v) is 13.0. The first-order valence-corrected chi connectivity index (χ1v) is 7.29. The molecule has 2 rings (SSSR count). The van der Waals surface area contributed by atoms with Gasteiger partial charge in [-0.05, 0) is 58.2 Å². The van der Waals surface area contributed by atoms with Gasteiger partial charge in [0.05, 0.1) is 16.8 Å². The van der Waals surface area contributed by atoms with E-state index in [1.54, 1.807) is 12.1 Å². The van der Waals surface area contributed by atoms with E-state index >= 15 is 0 Å². The number of hydrogen-bond donors (Lipinski definition) is 1. The molecule has 0 aromatic heterocycles. The third-order valence-electron chi connectivity index (χ3n) is 4.51. The number of hydrogen-bond acceptors (Lipinski definition) is 2. The first-order valence-electron chi connectivity index (χ1n) is 7.29. The predicted octanol–water partition coefficient (Wildman–Crippen LogP) is 4.02. The summed E-state index contributed by atoms with van der Waals surface area (Å²) in [6.07, 6.45) is 1.28. The highest BCUT2D eigenvalue weighted by molar-refractivity contribution is 5.26. The monoisotopic (exact) mass is 280 g/mol. The molecule has 1 aliphatic rings. The molecule has 1 aliphatic heterocycles. The normalized spacial score (nSPS) is 27.2. The molecule has 0 saturated carbocycles. The summed E-state index contributed by atoms with van der Waals surface area (Å²) in [6.45, 7) is 10.0. The van der Waals surface area contributed by atoms with E-state index in [1.807, 2.05) is 34.6 Å². The minimum absolute atomic E-state index is 0.0724. The number of benzene rings is 1. The minimum atomic E-state index is -1.07. The fourth-order valence-electron chi connectivity index (χ4n) is 3.72. The highest BCUT2D eigenvalue weighted by Crippen LogP contribution is 2.51. The van der Waals surface area contributed by atoms with Crippen molar-refractivity contribution in [2.75, 3.05) is 0 Å². The Bertz CT molecular complexity index is 496. The van der Waals surface area contributed by atoms with Crippen LogP contribution in [0.2, 0.25) is 0 Å². The lowest BCUT2D eigenvalue weighted by atomic mass is 9.70. The molecule has 2 unspecified atom stereocenters. The van der Waals surface area contributed by atoms with Crippen molar-refractivity contribution in [2.45, 2.75) is 64.3 Å². The Morgan fingerprint density at radius 1 is 1.35 bits per heavy atom. The highest BCUT2D eigenvalue weighted by atomic mass is 19.1. The summed E-state index contributed by atoms with van der Waals surface area (Å²) in [5, 5.41) is 11.2. The molecule has 2 atom stereocenters. The summed E-state index contributed by atoms with van der Waals surface area (Å²) in [5.74, 6) is -0.387. The van der Waals surface area contributed by atoms with Crippen molar-refractivity contribution in [3.05, 3.63) is 35.6 Å². The summed E-state index contributed by atoms with van der Waals surface area (Å²) in [5.41, 5.74) is -1.15. The smallest absolute Gasteiger partial charge is 0.123 e. The van der Waals surface area contributed by atoms with Crippen LogP contribution in [0.5, 0.6) is 0 Å². The third-order valence-corrected chi connectivity index (χ3v) is 4.51. The largest absolute Gasteiger partial charge is 0.385 e. The van der Waals surface area contributed by atoms with E-state index in [9.17, 15) is 9.50 Å². The van der Waals surface area contributed by atoms with Gasteiger partial charge < -0.3 is 9.84 Å². The first kappa shape index (κ1) is 15.5. The van der Waals surface area contributed by atoms with E-state index in [4.69, 9.17) is 4.74 Å². The molecule has 1 heterocycles. The zero-order chi connectivity index (χ0) is 15.2. The molecule has 1 N–H and O–H groups in total. The van der Waals surface area contributed by atoms with E-state index in [0.29, 0.717) is 12.0 Å². The zero-order valence-electron chi connectivity index (χ0n) is 13.0. The summed E-state index contributed by atoms with van der Waals surface area (Å²) in [6, 6.07) is 6.29. The maximum Gasteiger partial charge on any atom is 0.123 e. The molecule has 1 fully saturated rings. The lowest BCUT2D eigenvalue weighted by molar-refractivity contribution is -0.118. The quantitative estimate of drug-likeness (QED) is 0.906. The molecule has 1 saturated heterocycles. The van der Waals surface area contributed by atoms with Crippen molar-refractivity contribution in [3.8, 4) is 0 Å². The second-order valence-electron chi connectivity index (χ2n) is 7.01. The van der Waals surface area contributed by atoms with Crippen LogP contribution in [0.3, 0.4) is 0 Å². The molecule has 20 heavy (non-hydrogen) atoms. The van der Waals surface area contributed by atoms with Crippen LogP contribution in [-0.2, 0) is 10.3 Å². The SMILES string of the molecule is CCC(O)(c1cccc(F)c1)C1CC(C)(C)OC1(C)C. The molecule has 1 aromatic carbocycles. The van der Waals surface area contributed by atoms with Gasteiger partial charge in [0.1, 0.15) is 5.82 Å². The van der Waals surface area contributed by atoms with Crippen molar-refractivity contribution in [2.24, 2.45) is 5.92 Å². The van der Waals surface area contributed by atoms with Crippen molar-refractivity contribution in [1.29, 1.82) is 0 Å². The molecule has 2 nitrogen and oxygen atoms in total. The van der Waals surface area contributed by atoms with Crippen LogP contribution in [0, 0.1) is 11.7 Å². The molecule has 0 spiro atoms. The molecule has 0 radical (unpaired) electrons. The standard InChI is InChI=1S/C17H25FO2/c1-6-17(19,12-8-7-9-13(18)10-12)14-11-15(2,3)20-16(14,4)5/h7-10,14,19H,6,11H2,1-5H3. The Kier molecular flexibility index (Phi) is 3.72. The van der Waals surface area contributed by atoms with Crippen LogP contribution in [-0.4, -0.2) is 16.3 Å². The Hall–Kier alpha value is -0.930. The van der Waals surface area contributed by atoms with Gasteiger partial charge in [-0.25, -0.2) is 4.39 Å². The van der Waals surface area contributed by atoms with E-state index in [0.717, 1.165) is 6.42 Å². The molecular weight excluding hydrogens is 255 g/mol. The van der Waals surface area contributed by atoms with E-state index in [-0.39, 0.29) is 17.3 Å². The van der Waals surface area contributed by atoms with Gasteiger partial charge in [-0.3, -0.25) is 0 Å². The maximum atomic E-state index is 13.5. The molecule has 112 valence electrons. The second kappa shape index (κ2) is 4.81. The third kappa shape index (κ3) is 2.61. The van der Waals surface area contributed by atoms with Gasteiger partial charge in [-0.15, -0.1) is 0 Å². The van der Waals surface area contributed by atoms with Crippen molar-refractivity contribution >= 4 is 0 Å². The van der Waals surface area contributed by atoms with Crippen LogP contribution in [0.4, 0.5) is 4.39 Å². The Balaban J connectivity index is 2.46. The number of aliphatic hydroxyl groups is 1. The van der Waals surface area contributed by atoms with Crippen LogP contribution in [0.1, 0.15) is 53.0 Å². The van der Waals surface area contributed by atoms with Crippen molar-refractivity contribution in [3.63, 3.8) is 0 Å². The minimum Gasteiger partial charge on any atom is -0.385 e. The fourth-order valence-corrected chi connectivity index (χ4v) is 3.72. The topological polar surface area (TPSA) is 29.5 Å². The molecule has 0 aliphatic carbocycles. The number of rotatable bonds is 3. The summed E-state index contributed by atoms with van der Waals surface area (Å²) >= 11 is 0. The van der Waals surface area contributed by atoms with Crippen molar-refractivity contribution < 1.29 is 14.2 Å². The van der Waals surface area contributed by atoms with E-state index in [2.05, 4.69) is 0 Å². The number of halogens is 1. The Labute approximate surface area is 121 Å². The summed E-state index contributed by atoms with van der Waals surface area (Å²) < 4.78 is 19.6. The number of ether oxygens (including phenoxy) is 1. The van der Waals surface area contributed by atoms with Crippen LogP contribution in [0.25, 0.3) is 0 Å². The molecule has 1 aromatic rings. The van der Waals surface area contributed by atoms with Gasteiger partial charge in [0.2, 0.25) is 0 Å². The van der Waals surface area contributed by atoms with E-state index in [1.165, 1.54) is 12.1 Å². The molecule has 3 heteroatoms. The van der Waals surface area contributed by atoms with Crippen LogP contribution < -0.4 is 0 Å². The van der Waals surface area contributed by atoms with Crippen molar-refractivity contribution in [1.82, 2.24) is 0 Å².